The average molecular weight is 352 g/mol. The number of hydrogen-bond donors (Lipinski definition) is 0. The highest BCUT2D eigenvalue weighted by Gasteiger charge is 2.25. The predicted molar refractivity (Wildman–Crippen MR) is 101 cm³/mol. The van der Waals surface area contributed by atoms with E-state index in [4.69, 9.17) is 12.2 Å². The van der Waals surface area contributed by atoms with E-state index in [1.165, 1.54) is 6.07 Å². The molecule has 0 bridgehead atoms. The van der Waals surface area contributed by atoms with Gasteiger partial charge in [0.1, 0.15) is 0 Å². The van der Waals surface area contributed by atoms with Crippen LogP contribution >= 0.6 is 12.2 Å². The van der Waals surface area contributed by atoms with Crippen LogP contribution in [0.1, 0.15) is 5.56 Å². The van der Waals surface area contributed by atoms with Crippen LogP contribution in [-0.2, 0) is 0 Å². The number of hydrogen-bond acceptors (Lipinski definition) is 5. The maximum atomic E-state index is 11.1. The monoisotopic (exact) mass is 352 g/mol. The van der Waals surface area contributed by atoms with Crippen LogP contribution in [0.25, 0.3) is 0 Å². The van der Waals surface area contributed by atoms with Crippen LogP contribution in [0, 0.1) is 22.0 Å². The fourth-order valence-electron chi connectivity index (χ4n) is 2.62. The molecule has 0 unspecified atom stereocenters. The van der Waals surface area contributed by atoms with Gasteiger partial charge in [-0.25, -0.2) is 4.98 Å². The number of aromatic nitrogens is 1. The normalized spacial score (nSPS) is 13.8. The zero-order valence-corrected chi connectivity index (χ0v) is 14.3. The van der Waals surface area contributed by atoms with Crippen LogP contribution in [-0.4, -0.2) is 46.0 Å². The summed E-state index contributed by atoms with van der Waals surface area (Å²) in [5.41, 5.74) is 0.954. The summed E-state index contributed by atoms with van der Waals surface area (Å²) < 4.78 is 0. The van der Waals surface area contributed by atoms with Crippen molar-refractivity contribution in [2.24, 2.45) is 0 Å². The minimum Gasteiger partial charge on any atom is -0.352 e. The topological polar surface area (TPSA) is 62.5 Å². The minimum atomic E-state index is -0.398. The maximum absolute atomic E-state index is 11.1. The Labute approximate surface area is 151 Å². The van der Waals surface area contributed by atoms with Crippen molar-refractivity contribution in [1.82, 2.24) is 9.88 Å². The smallest absolute Gasteiger partial charge is 0.311 e. The molecule has 7 heteroatoms. The lowest BCUT2D eigenvalue weighted by molar-refractivity contribution is -0.384. The number of benzene rings is 1. The van der Waals surface area contributed by atoms with Crippen LogP contribution < -0.4 is 4.90 Å². The van der Waals surface area contributed by atoms with E-state index >= 15 is 0 Å². The van der Waals surface area contributed by atoms with E-state index in [0.29, 0.717) is 37.0 Å². The first-order valence-electron chi connectivity index (χ1n) is 7.85. The number of nitro groups is 1. The van der Waals surface area contributed by atoms with Crippen molar-refractivity contribution in [2.75, 3.05) is 31.1 Å². The maximum Gasteiger partial charge on any atom is 0.311 e. The van der Waals surface area contributed by atoms with E-state index in [2.05, 4.69) is 16.8 Å². The van der Waals surface area contributed by atoms with Gasteiger partial charge in [-0.3, -0.25) is 10.1 Å². The highest BCUT2D eigenvalue weighted by atomic mass is 32.1. The number of thiocarbonyl (C=S) groups is 1. The summed E-state index contributed by atoms with van der Waals surface area (Å²) in [4.78, 5) is 19.5. The summed E-state index contributed by atoms with van der Waals surface area (Å²) in [6.07, 6.45) is 1.57. The number of rotatable bonds is 2. The summed E-state index contributed by atoms with van der Waals surface area (Å²) in [6, 6.07) is 12.7. The van der Waals surface area contributed by atoms with Gasteiger partial charge in [0.15, 0.2) is 4.99 Å². The Morgan fingerprint density at radius 1 is 1.12 bits per heavy atom. The summed E-state index contributed by atoms with van der Waals surface area (Å²) in [5, 5.41) is 11.1. The highest BCUT2D eigenvalue weighted by molar-refractivity contribution is 7.80. The summed E-state index contributed by atoms with van der Waals surface area (Å²) >= 11 is 5.41. The van der Waals surface area contributed by atoms with Gasteiger partial charge in [-0.1, -0.05) is 36.3 Å². The number of anilines is 1. The molecule has 0 saturated carbocycles. The van der Waals surface area contributed by atoms with Crippen LogP contribution in [0.15, 0.2) is 48.7 Å². The standard InChI is InChI=1S/C18H16N4O2S/c23-22(24)16-7-4-10-19-18(16)21-13-11-20(12-14-21)17(25)9-8-15-5-2-1-3-6-15/h1-7,10H,11-14H2. The zero-order chi connectivity index (χ0) is 17.6. The van der Waals surface area contributed by atoms with Crippen molar-refractivity contribution in [2.45, 2.75) is 0 Å². The van der Waals surface area contributed by atoms with Gasteiger partial charge >= 0.3 is 5.69 Å². The zero-order valence-electron chi connectivity index (χ0n) is 13.5. The first-order valence-corrected chi connectivity index (χ1v) is 8.26. The molecular formula is C18H16N4O2S. The van der Waals surface area contributed by atoms with Gasteiger partial charge in [-0.15, -0.1) is 0 Å². The molecule has 0 atom stereocenters. The highest BCUT2D eigenvalue weighted by Crippen LogP contribution is 2.25. The molecular weight excluding hydrogens is 336 g/mol. The molecule has 2 aromatic rings. The fourth-order valence-corrected chi connectivity index (χ4v) is 2.86. The quantitative estimate of drug-likeness (QED) is 0.358. The lowest BCUT2D eigenvalue weighted by Gasteiger charge is -2.35. The van der Waals surface area contributed by atoms with Crippen molar-refractivity contribution in [3.8, 4) is 11.8 Å². The molecule has 0 aliphatic carbocycles. The molecule has 1 aromatic carbocycles. The number of pyridine rings is 1. The van der Waals surface area contributed by atoms with Crippen LogP contribution in [0.2, 0.25) is 0 Å². The van der Waals surface area contributed by atoms with E-state index < -0.39 is 4.92 Å². The van der Waals surface area contributed by atoms with E-state index in [9.17, 15) is 10.1 Å². The van der Waals surface area contributed by atoms with Crippen molar-refractivity contribution < 1.29 is 4.92 Å². The van der Waals surface area contributed by atoms with Gasteiger partial charge in [-0.05, 0) is 24.1 Å². The third kappa shape index (κ3) is 4.11. The third-order valence-electron chi connectivity index (χ3n) is 3.92. The van der Waals surface area contributed by atoms with Gasteiger partial charge in [0.05, 0.1) is 4.92 Å². The lowest BCUT2D eigenvalue weighted by atomic mass is 10.2. The molecule has 2 heterocycles. The molecule has 1 saturated heterocycles. The Hall–Kier alpha value is -2.98. The average Bonchev–Trinajstić information content (AvgIpc) is 2.67. The second-order valence-electron chi connectivity index (χ2n) is 5.50. The number of piperazine rings is 1. The van der Waals surface area contributed by atoms with Gasteiger partial charge in [0.2, 0.25) is 5.82 Å². The summed E-state index contributed by atoms with van der Waals surface area (Å²) in [5.74, 6) is 6.49. The van der Waals surface area contributed by atoms with Gasteiger partial charge in [0.25, 0.3) is 0 Å². The Bertz CT molecular complexity index is 837. The largest absolute Gasteiger partial charge is 0.352 e. The molecule has 1 aliphatic rings. The Morgan fingerprint density at radius 3 is 2.52 bits per heavy atom. The first-order chi connectivity index (χ1) is 12.1. The van der Waals surface area contributed by atoms with E-state index in [1.807, 2.05) is 40.1 Å². The van der Waals surface area contributed by atoms with Gasteiger partial charge < -0.3 is 9.80 Å². The molecule has 0 spiro atoms. The molecule has 0 N–H and O–H groups in total. The van der Waals surface area contributed by atoms with E-state index in [1.54, 1.807) is 12.3 Å². The Kier molecular flexibility index (Phi) is 5.21. The van der Waals surface area contributed by atoms with E-state index in [0.717, 1.165) is 5.56 Å². The molecule has 25 heavy (non-hydrogen) atoms. The van der Waals surface area contributed by atoms with Gasteiger partial charge in [0, 0.05) is 44.0 Å². The molecule has 1 fully saturated rings. The Balaban J connectivity index is 1.64. The molecule has 1 aromatic heterocycles. The molecule has 6 nitrogen and oxygen atoms in total. The Morgan fingerprint density at radius 2 is 1.84 bits per heavy atom. The second-order valence-corrected chi connectivity index (χ2v) is 5.89. The van der Waals surface area contributed by atoms with Crippen LogP contribution in [0.4, 0.5) is 11.5 Å². The number of nitrogens with zero attached hydrogens (tertiary/aromatic N) is 4. The van der Waals surface area contributed by atoms with Crippen LogP contribution in [0.5, 0.6) is 0 Å². The van der Waals surface area contributed by atoms with Crippen molar-refractivity contribution in [3.63, 3.8) is 0 Å². The predicted octanol–water partition coefficient (Wildman–Crippen LogP) is 2.49. The van der Waals surface area contributed by atoms with Gasteiger partial charge in [-0.2, -0.15) is 0 Å². The summed E-state index contributed by atoms with van der Waals surface area (Å²) in [6.45, 7) is 2.56. The molecule has 1 aliphatic heterocycles. The second kappa shape index (κ2) is 7.73. The van der Waals surface area contributed by atoms with E-state index in [-0.39, 0.29) is 5.69 Å². The SMILES string of the molecule is O=[N+]([O-])c1cccnc1N1CCN(C(=S)C#Cc2ccccc2)CC1. The first kappa shape index (κ1) is 16.9. The molecule has 0 amide bonds. The molecule has 0 radical (unpaired) electrons. The van der Waals surface area contributed by atoms with Crippen LogP contribution in [0.3, 0.4) is 0 Å². The lowest BCUT2D eigenvalue weighted by Crippen LogP contribution is -2.48. The minimum absolute atomic E-state index is 0.0300. The molecule has 3 rings (SSSR count). The molecule has 126 valence electrons. The summed E-state index contributed by atoms with van der Waals surface area (Å²) in [7, 11) is 0. The fraction of sp³-hybridized carbons (Fsp3) is 0.222. The van der Waals surface area contributed by atoms with Crippen molar-refractivity contribution in [1.29, 1.82) is 0 Å². The van der Waals surface area contributed by atoms with Crippen molar-refractivity contribution >= 4 is 28.7 Å². The van der Waals surface area contributed by atoms with Crippen molar-refractivity contribution in [3.05, 3.63) is 64.3 Å². The third-order valence-corrected chi connectivity index (χ3v) is 4.28.